The van der Waals surface area contributed by atoms with E-state index >= 15 is 0 Å². The zero-order valence-corrected chi connectivity index (χ0v) is 23.6. The molecule has 196 valence electrons. The van der Waals surface area contributed by atoms with Crippen molar-refractivity contribution in [2.45, 2.75) is 52.7 Å². The molecule has 7 rings (SSSR count). The topological polar surface area (TPSA) is 28.3 Å². The molecular weight excluding hydrogens is 479 g/mol. The summed E-state index contributed by atoms with van der Waals surface area (Å²) in [5.41, 5.74) is 6.15. The van der Waals surface area contributed by atoms with Crippen molar-refractivity contribution in [1.29, 1.82) is 0 Å². The summed E-state index contributed by atoms with van der Waals surface area (Å²) in [4.78, 5) is 0. The lowest BCUT2D eigenvalue weighted by atomic mass is 9.78. The van der Waals surface area contributed by atoms with Crippen molar-refractivity contribution in [1.82, 2.24) is 9.13 Å². The van der Waals surface area contributed by atoms with Gasteiger partial charge in [-0.15, -0.1) is 0 Å². The lowest BCUT2D eigenvalue weighted by Gasteiger charge is -2.32. The average Bonchev–Trinajstić information content (AvgIpc) is 3.59. The summed E-state index contributed by atoms with van der Waals surface area (Å²) < 4.78 is 17.4. The molecule has 1 fully saturated rings. The second-order valence-corrected chi connectivity index (χ2v) is 11.0. The quantitative estimate of drug-likeness (QED) is 0.224. The molecule has 0 amide bonds. The van der Waals surface area contributed by atoms with Crippen molar-refractivity contribution in [2.24, 2.45) is 0 Å². The monoisotopic (exact) mass is 514 g/mol. The Labute approximate surface area is 230 Å². The van der Waals surface area contributed by atoms with Gasteiger partial charge in [0.25, 0.3) is 0 Å². The van der Waals surface area contributed by atoms with E-state index in [9.17, 15) is 0 Å². The van der Waals surface area contributed by atoms with Gasteiger partial charge < -0.3 is 18.4 Å². The van der Waals surface area contributed by atoms with Crippen molar-refractivity contribution in [2.75, 3.05) is 0 Å². The van der Waals surface area contributed by atoms with E-state index in [1.807, 2.05) is 13.8 Å². The summed E-state index contributed by atoms with van der Waals surface area (Å²) in [6.45, 7) is 12.4. The first-order chi connectivity index (χ1) is 18.8. The zero-order chi connectivity index (χ0) is 27.4. The number of benzene rings is 4. The van der Waals surface area contributed by atoms with Gasteiger partial charge in [0.1, 0.15) is 0 Å². The SMILES string of the molecule is CC.CC1(C)OB(c2ccc3c(c2)c2ccc4c(ccn4-c4ccccc4)c2n3-c2ccccc2)OC1(C)C. The average molecular weight is 514 g/mol. The fourth-order valence-corrected chi connectivity index (χ4v) is 5.53. The zero-order valence-electron chi connectivity index (χ0n) is 23.6. The lowest BCUT2D eigenvalue weighted by molar-refractivity contribution is 0.00578. The third kappa shape index (κ3) is 4.00. The van der Waals surface area contributed by atoms with Gasteiger partial charge in [-0.2, -0.15) is 0 Å². The molecule has 0 N–H and O–H groups in total. The molecule has 2 aromatic heterocycles. The largest absolute Gasteiger partial charge is 0.494 e. The highest BCUT2D eigenvalue weighted by molar-refractivity contribution is 6.62. The Morgan fingerprint density at radius 2 is 1.18 bits per heavy atom. The molecule has 0 atom stereocenters. The van der Waals surface area contributed by atoms with Crippen LogP contribution in [0.4, 0.5) is 0 Å². The number of hydrogen-bond donors (Lipinski definition) is 0. The molecule has 3 heterocycles. The van der Waals surface area contributed by atoms with Gasteiger partial charge >= 0.3 is 7.12 Å². The van der Waals surface area contributed by atoms with Crippen LogP contribution in [0.15, 0.2) is 103 Å². The second kappa shape index (κ2) is 9.44. The van der Waals surface area contributed by atoms with Crippen LogP contribution in [0.5, 0.6) is 0 Å². The molecule has 1 saturated heterocycles. The number of rotatable bonds is 3. The van der Waals surface area contributed by atoms with E-state index < -0.39 is 7.12 Å². The number of para-hydroxylation sites is 2. The molecule has 4 aromatic carbocycles. The maximum Gasteiger partial charge on any atom is 0.494 e. The third-order valence-corrected chi connectivity index (χ3v) is 8.19. The number of fused-ring (bicyclic) bond motifs is 5. The second-order valence-electron chi connectivity index (χ2n) is 11.0. The highest BCUT2D eigenvalue weighted by Crippen LogP contribution is 2.39. The van der Waals surface area contributed by atoms with Gasteiger partial charge in [0.15, 0.2) is 0 Å². The first kappa shape index (κ1) is 25.5. The summed E-state index contributed by atoms with van der Waals surface area (Å²) in [5, 5.41) is 3.63. The maximum atomic E-state index is 6.39. The molecule has 0 radical (unpaired) electrons. The van der Waals surface area contributed by atoms with E-state index in [0.717, 1.165) is 16.8 Å². The summed E-state index contributed by atoms with van der Waals surface area (Å²) in [7, 11) is -0.396. The van der Waals surface area contributed by atoms with E-state index in [-0.39, 0.29) is 11.2 Å². The molecule has 0 unspecified atom stereocenters. The first-order valence-corrected chi connectivity index (χ1v) is 13.9. The van der Waals surface area contributed by atoms with Crippen molar-refractivity contribution < 1.29 is 9.31 Å². The Kier molecular flexibility index (Phi) is 6.17. The van der Waals surface area contributed by atoms with Crippen LogP contribution in [0, 0.1) is 0 Å². The fourth-order valence-electron chi connectivity index (χ4n) is 5.53. The minimum atomic E-state index is -0.396. The Morgan fingerprint density at radius 1 is 0.590 bits per heavy atom. The van der Waals surface area contributed by atoms with Gasteiger partial charge in [-0.3, -0.25) is 0 Å². The van der Waals surface area contributed by atoms with Crippen molar-refractivity contribution in [3.05, 3.63) is 103 Å². The highest BCUT2D eigenvalue weighted by atomic mass is 16.7. The standard InChI is InChI=1S/C32H29BN2O2.C2H6/c1-31(2)32(3,4)37-33(36-31)22-15-17-29-27(21-22)25-16-18-28-26(19-20-34(28)23-11-7-5-8-12-23)30(25)35(29)24-13-9-6-10-14-24;1-2/h5-21H,1-4H3;1-2H3. The van der Waals surface area contributed by atoms with Crippen LogP contribution in [0.2, 0.25) is 0 Å². The highest BCUT2D eigenvalue weighted by Gasteiger charge is 2.51. The maximum absolute atomic E-state index is 6.39. The number of nitrogens with zero attached hydrogens (tertiary/aromatic N) is 2. The molecule has 5 heteroatoms. The molecule has 39 heavy (non-hydrogen) atoms. The van der Waals surface area contributed by atoms with Crippen molar-refractivity contribution >= 4 is 45.3 Å². The molecule has 0 spiro atoms. The predicted molar refractivity (Wildman–Crippen MR) is 165 cm³/mol. The van der Waals surface area contributed by atoms with E-state index in [2.05, 4.69) is 140 Å². The molecule has 4 nitrogen and oxygen atoms in total. The number of hydrogen-bond acceptors (Lipinski definition) is 2. The van der Waals surface area contributed by atoms with Gasteiger partial charge in [-0.1, -0.05) is 68.4 Å². The van der Waals surface area contributed by atoms with E-state index in [1.54, 1.807) is 0 Å². The van der Waals surface area contributed by atoms with E-state index in [1.165, 1.54) is 32.7 Å². The van der Waals surface area contributed by atoms with E-state index in [0.29, 0.717) is 0 Å². The Balaban J connectivity index is 0.00000135. The van der Waals surface area contributed by atoms with Crippen molar-refractivity contribution in [3.8, 4) is 11.4 Å². The molecule has 1 aliphatic rings. The van der Waals surface area contributed by atoms with Crippen LogP contribution >= 0.6 is 0 Å². The molecule has 0 saturated carbocycles. The van der Waals surface area contributed by atoms with Crippen LogP contribution in [-0.4, -0.2) is 27.5 Å². The molecule has 0 bridgehead atoms. The third-order valence-electron chi connectivity index (χ3n) is 8.19. The van der Waals surface area contributed by atoms with Gasteiger partial charge in [0.2, 0.25) is 0 Å². The summed E-state index contributed by atoms with van der Waals surface area (Å²) in [6.07, 6.45) is 2.17. The minimum absolute atomic E-state index is 0.378. The van der Waals surface area contributed by atoms with Gasteiger partial charge in [-0.25, -0.2) is 0 Å². The van der Waals surface area contributed by atoms with E-state index in [4.69, 9.17) is 9.31 Å². The summed E-state index contributed by atoms with van der Waals surface area (Å²) in [5.74, 6) is 0. The number of aromatic nitrogens is 2. The Bertz CT molecular complexity index is 1770. The molecule has 6 aromatic rings. The Hall–Kier alpha value is -3.80. The minimum Gasteiger partial charge on any atom is -0.399 e. The molecule has 1 aliphatic heterocycles. The van der Waals surface area contributed by atoms with Gasteiger partial charge in [0, 0.05) is 33.7 Å². The molecular formula is C34H35BN2O2. The fraction of sp³-hybridized carbons (Fsp3) is 0.235. The summed E-state index contributed by atoms with van der Waals surface area (Å²) >= 11 is 0. The Morgan fingerprint density at radius 3 is 1.82 bits per heavy atom. The first-order valence-electron chi connectivity index (χ1n) is 13.9. The summed E-state index contributed by atoms with van der Waals surface area (Å²) in [6, 6.07) is 34.5. The normalized spacial score (nSPS) is 16.1. The van der Waals surface area contributed by atoms with Crippen LogP contribution < -0.4 is 5.46 Å². The van der Waals surface area contributed by atoms with Gasteiger partial charge in [-0.05, 0) is 75.6 Å². The van der Waals surface area contributed by atoms with Crippen LogP contribution in [0.1, 0.15) is 41.5 Å². The van der Waals surface area contributed by atoms with Crippen LogP contribution in [-0.2, 0) is 9.31 Å². The lowest BCUT2D eigenvalue weighted by Crippen LogP contribution is -2.41. The molecule has 0 aliphatic carbocycles. The van der Waals surface area contributed by atoms with Crippen molar-refractivity contribution in [3.63, 3.8) is 0 Å². The van der Waals surface area contributed by atoms with Crippen LogP contribution in [0.25, 0.3) is 44.1 Å². The van der Waals surface area contributed by atoms with Crippen LogP contribution in [0.3, 0.4) is 0 Å². The smallest absolute Gasteiger partial charge is 0.399 e. The van der Waals surface area contributed by atoms with Gasteiger partial charge in [0.05, 0.1) is 27.8 Å². The predicted octanol–water partition coefficient (Wildman–Crippen LogP) is 8.05.